The van der Waals surface area contributed by atoms with Crippen LogP contribution in [0.15, 0.2) is 24.3 Å². The van der Waals surface area contributed by atoms with Crippen molar-refractivity contribution in [3.05, 3.63) is 41.1 Å². The summed E-state index contributed by atoms with van der Waals surface area (Å²) in [4.78, 5) is 3.22. The van der Waals surface area contributed by atoms with E-state index in [4.69, 9.17) is 0 Å². The third-order valence-corrected chi connectivity index (χ3v) is 4.55. The molecule has 1 fully saturated rings. The SMILES string of the molecule is CC1CNC([C@H](O)c2cc(C(F)(F)F)nc3c(C(F)(F)F)cccc23)C1. The average Bonchev–Trinajstić information content (AvgIpc) is 2.97. The Morgan fingerprint density at radius 2 is 1.85 bits per heavy atom. The lowest BCUT2D eigenvalue weighted by Gasteiger charge is -2.22. The fourth-order valence-electron chi connectivity index (χ4n) is 3.30. The second kappa shape index (κ2) is 6.38. The first-order valence-electron chi connectivity index (χ1n) is 7.98. The number of hydrogen-bond donors (Lipinski definition) is 2. The number of benzene rings is 1. The lowest BCUT2D eigenvalue weighted by molar-refractivity contribution is -0.142. The van der Waals surface area contributed by atoms with Crippen molar-refractivity contribution in [2.75, 3.05) is 6.54 Å². The largest absolute Gasteiger partial charge is 0.433 e. The summed E-state index contributed by atoms with van der Waals surface area (Å²) in [6.07, 6.45) is -10.7. The zero-order chi connectivity index (χ0) is 19.3. The Labute approximate surface area is 145 Å². The van der Waals surface area contributed by atoms with Crippen LogP contribution in [0.1, 0.15) is 36.3 Å². The molecular formula is C17H16F6N2O. The fraction of sp³-hybridized carbons (Fsp3) is 0.471. The Balaban J connectivity index is 2.24. The third kappa shape index (κ3) is 3.50. The lowest BCUT2D eigenvalue weighted by Crippen LogP contribution is -2.29. The molecule has 3 nitrogen and oxygen atoms in total. The quantitative estimate of drug-likeness (QED) is 0.766. The van der Waals surface area contributed by atoms with Crippen LogP contribution >= 0.6 is 0 Å². The van der Waals surface area contributed by atoms with Crippen molar-refractivity contribution in [1.82, 2.24) is 10.3 Å². The molecule has 26 heavy (non-hydrogen) atoms. The minimum absolute atomic E-state index is 0.137. The van der Waals surface area contributed by atoms with E-state index in [1.807, 2.05) is 6.92 Å². The standard InChI is InChI=1S/C17H16F6N2O/c1-8-5-12(24-7-8)15(26)10-6-13(17(21,22)23)25-14-9(10)3-2-4-11(14)16(18,19)20/h2-4,6,8,12,15,24,26H,5,7H2,1H3/t8?,12?,15-/m1/s1. The van der Waals surface area contributed by atoms with Crippen molar-refractivity contribution in [1.29, 1.82) is 0 Å². The molecule has 0 aliphatic carbocycles. The van der Waals surface area contributed by atoms with Crippen LogP contribution in [0.5, 0.6) is 0 Å². The van der Waals surface area contributed by atoms with Crippen molar-refractivity contribution in [3.8, 4) is 0 Å². The Hall–Kier alpha value is -1.87. The molecule has 0 spiro atoms. The number of aliphatic hydroxyl groups excluding tert-OH is 1. The maximum absolute atomic E-state index is 13.2. The highest BCUT2D eigenvalue weighted by atomic mass is 19.4. The molecule has 3 atom stereocenters. The predicted molar refractivity (Wildman–Crippen MR) is 82.3 cm³/mol. The van der Waals surface area contributed by atoms with Crippen molar-refractivity contribution < 1.29 is 31.4 Å². The van der Waals surface area contributed by atoms with E-state index in [-0.39, 0.29) is 16.9 Å². The van der Waals surface area contributed by atoms with Gasteiger partial charge in [0.15, 0.2) is 0 Å². The summed E-state index contributed by atoms with van der Waals surface area (Å²) >= 11 is 0. The van der Waals surface area contributed by atoms with Crippen LogP contribution in [-0.4, -0.2) is 22.7 Å². The van der Waals surface area contributed by atoms with Crippen LogP contribution in [-0.2, 0) is 12.4 Å². The molecule has 1 aromatic carbocycles. The van der Waals surface area contributed by atoms with Gasteiger partial charge in [-0.1, -0.05) is 19.1 Å². The number of aliphatic hydroxyl groups is 1. The normalized spacial score (nSPS) is 22.8. The number of alkyl halides is 6. The van der Waals surface area contributed by atoms with E-state index in [0.717, 1.165) is 6.07 Å². The Kier molecular flexibility index (Phi) is 4.64. The average molecular weight is 378 g/mol. The lowest BCUT2D eigenvalue weighted by atomic mass is 9.93. The van der Waals surface area contributed by atoms with Crippen molar-refractivity contribution in [3.63, 3.8) is 0 Å². The first-order chi connectivity index (χ1) is 12.0. The summed E-state index contributed by atoms with van der Waals surface area (Å²) in [5.74, 6) is 0.204. The predicted octanol–water partition coefficient (Wildman–Crippen LogP) is 4.30. The van der Waals surface area contributed by atoms with Gasteiger partial charge in [-0.05, 0) is 36.6 Å². The fourth-order valence-corrected chi connectivity index (χ4v) is 3.30. The summed E-state index contributed by atoms with van der Waals surface area (Å²) in [5, 5.41) is 13.4. The molecule has 0 radical (unpaired) electrons. The second-order valence-electron chi connectivity index (χ2n) is 6.59. The summed E-state index contributed by atoms with van der Waals surface area (Å²) in [6.45, 7) is 2.48. The van der Waals surface area contributed by atoms with E-state index >= 15 is 0 Å². The van der Waals surface area contributed by atoms with Gasteiger partial charge in [-0.25, -0.2) is 4.98 Å². The number of nitrogens with zero attached hydrogens (tertiary/aromatic N) is 1. The molecule has 1 aromatic heterocycles. The van der Waals surface area contributed by atoms with Gasteiger partial charge in [0, 0.05) is 11.4 Å². The van der Waals surface area contributed by atoms with Gasteiger partial charge >= 0.3 is 12.4 Å². The molecule has 9 heteroatoms. The van der Waals surface area contributed by atoms with Gasteiger partial charge in [-0.2, -0.15) is 26.3 Å². The van der Waals surface area contributed by atoms with Crippen molar-refractivity contribution >= 4 is 10.9 Å². The zero-order valence-electron chi connectivity index (χ0n) is 13.6. The third-order valence-electron chi connectivity index (χ3n) is 4.55. The molecule has 2 unspecified atom stereocenters. The topological polar surface area (TPSA) is 45.1 Å². The maximum atomic E-state index is 13.2. The first-order valence-corrected chi connectivity index (χ1v) is 7.98. The molecule has 2 heterocycles. The van der Waals surface area contributed by atoms with E-state index in [2.05, 4.69) is 10.3 Å². The van der Waals surface area contributed by atoms with Gasteiger partial charge in [-0.15, -0.1) is 0 Å². The second-order valence-corrected chi connectivity index (χ2v) is 6.59. The maximum Gasteiger partial charge on any atom is 0.433 e. The number of rotatable bonds is 2. The van der Waals surface area contributed by atoms with Gasteiger partial charge in [0.1, 0.15) is 5.69 Å². The van der Waals surface area contributed by atoms with E-state index in [0.29, 0.717) is 25.1 Å². The van der Waals surface area contributed by atoms with Gasteiger partial charge in [0.2, 0.25) is 0 Å². The molecule has 0 bridgehead atoms. The smallest absolute Gasteiger partial charge is 0.387 e. The number of fused-ring (bicyclic) bond motifs is 1. The van der Waals surface area contributed by atoms with Crippen LogP contribution in [0.4, 0.5) is 26.3 Å². The number of pyridine rings is 1. The molecule has 0 amide bonds. The Morgan fingerprint density at radius 1 is 1.15 bits per heavy atom. The van der Waals surface area contributed by atoms with E-state index in [9.17, 15) is 31.4 Å². The highest BCUT2D eigenvalue weighted by Gasteiger charge is 2.39. The molecule has 3 rings (SSSR count). The summed E-state index contributed by atoms with van der Waals surface area (Å²) in [6, 6.07) is 3.13. The van der Waals surface area contributed by atoms with E-state index < -0.39 is 41.3 Å². The number of halogens is 6. The molecule has 1 aliphatic heterocycles. The zero-order valence-corrected chi connectivity index (χ0v) is 13.6. The van der Waals surface area contributed by atoms with Crippen LogP contribution in [0.3, 0.4) is 0 Å². The number of para-hydroxylation sites is 1. The van der Waals surface area contributed by atoms with Gasteiger partial charge in [0.25, 0.3) is 0 Å². The number of nitrogens with one attached hydrogen (secondary N) is 1. The van der Waals surface area contributed by atoms with Crippen molar-refractivity contribution in [2.24, 2.45) is 5.92 Å². The Bertz CT molecular complexity index is 817. The Morgan fingerprint density at radius 3 is 2.38 bits per heavy atom. The van der Waals surface area contributed by atoms with Gasteiger partial charge < -0.3 is 10.4 Å². The monoisotopic (exact) mass is 378 g/mol. The molecule has 2 aromatic rings. The van der Waals surface area contributed by atoms with E-state index in [1.165, 1.54) is 6.07 Å². The van der Waals surface area contributed by atoms with Crippen LogP contribution in [0.2, 0.25) is 0 Å². The minimum atomic E-state index is -4.93. The molecule has 1 saturated heterocycles. The number of hydrogen-bond acceptors (Lipinski definition) is 3. The first kappa shape index (κ1) is 18.9. The number of aromatic nitrogens is 1. The van der Waals surface area contributed by atoms with E-state index in [1.54, 1.807) is 0 Å². The summed E-state index contributed by atoms with van der Waals surface area (Å²) < 4.78 is 79.3. The minimum Gasteiger partial charge on any atom is -0.387 e. The highest BCUT2D eigenvalue weighted by molar-refractivity contribution is 5.86. The van der Waals surface area contributed by atoms with Crippen LogP contribution < -0.4 is 5.32 Å². The summed E-state index contributed by atoms with van der Waals surface area (Å²) in [7, 11) is 0. The van der Waals surface area contributed by atoms with Crippen molar-refractivity contribution in [2.45, 2.75) is 37.8 Å². The van der Waals surface area contributed by atoms with Crippen LogP contribution in [0.25, 0.3) is 10.9 Å². The van der Waals surface area contributed by atoms with Gasteiger partial charge in [0.05, 0.1) is 17.2 Å². The highest BCUT2D eigenvalue weighted by Crippen LogP contribution is 2.40. The molecule has 0 saturated carbocycles. The van der Waals surface area contributed by atoms with Gasteiger partial charge in [-0.3, -0.25) is 0 Å². The molecule has 1 aliphatic rings. The molecule has 142 valence electrons. The summed E-state index contributed by atoms with van der Waals surface area (Å²) in [5.41, 5.74) is -3.74. The molecule has 2 N–H and O–H groups in total. The van der Waals surface area contributed by atoms with Crippen LogP contribution in [0, 0.1) is 5.92 Å². The molecular weight excluding hydrogens is 362 g/mol.